The number of carbonyl (C=O) groups excluding carboxylic acids is 1. The fourth-order valence-corrected chi connectivity index (χ4v) is 1.93. The van der Waals surface area contributed by atoms with Crippen molar-refractivity contribution in [3.63, 3.8) is 0 Å². The van der Waals surface area contributed by atoms with Crippen LogP contribution in [0.3, 0.4) is 0 Å². The number of benzene rings is 2. The minimum absolute atomic E-state index is 0.110. The monoisotopic (exact) mass is 359 g/mol. The van der Waals surface area contributed by atoms with Crippen molar-refractivity contribution in [2.75, 3.05) is 5.32 Å². The molecule has 1 N–H and O–H groups in total. The van der Waals surface area contributed by atoms with Crippen LogP contribution >= 0.6 is 11.6 Å². The first kappa shape index (κ1) is 17.8. The first-order chi connectivity index (χ1) is 11.2. The van der Waals surface area contributed by atoms with Crippen molar-refractivity contribution in [1.82, 2.24) is 0 Å². The van der Waals surface area contributed by atoms with Gasteiger partial charge in [-0.3, -0.25) is 4.79 Å². The van der Waals surface area contributed by atoms with Crippen LogP contribution in [0.15, 0.2) is 48.5 Å². The van der Waals surface area contributed by atoms with E-state index in [0.29, 0.717) is 5.56 Å². The van der Waals surface area contributed by atoms with Gasteiger partial charge in [0.05, 0.1) is 10.7 Å². The number of rotatable bonds is 4. The van der Waals surface area contributed by atoms with Crippen molar-refractivity contribution in [2.24, 2.45) is 0 Å². The highest BCUT2D eigenvalue weighted by Gasteiger charge is 2.32. The van der Waals surface area contributed by atoms with Gasteiger partial charge in [-0.1, -0.05) is 29.8 Å². The second kappa shape index (κ2) is 7.35. The second-order valence-electron chi connectivity index (χ2n) is 4.54. The number of halogens is 5. The van der Waals surface area contributed by atoms with Gasteiger partial charge < -0.3 is 10.1 Å². The van der Waals surface area contributed by atoms with Crippen molar-refractivity contribution in [2.45, 2.75) is 6.36 Å². The molecule has 2 aromatic rings. The van der Waals surface area contributed by atoms with Crippen molar-refractivity contribution < 1.29 is 27.1 Å². The number of anilines is 1. The van der Waals surface area contributed by atoms with Crippen LogP contribution < -0.4 is 10.1 Å². The first-order valence-electron chi connectivity index (χ1n) is 6.53. The number of nitrogens with one attached hydrogen (secondary N) is 1. The average molecular weight is 360 g/mol. The molecule has 0 radical (unpaired) electrons. The molecule has 2 rings (SSSR count). The molecule has 0 aromatic heterocycles. The van der Waals surface area contributed by atoms with E-state index in [4.69, 9.17) is 11.6 Å². The maximum Gasteiger partial charge on any atom is 0.573 e. The zero-order valence-corrected chi connectivity index (χ0v) is 12.7. The molecule has 126 valence electrons. The van der Waals surface area contributed by atoms with E-state index in [1.807, 2.05) is 0 Å². The standard InChI is InChI=1S/C16H10ClF4NO2/c17-11-9-10(5-7-12(11)18)6-8-15(23)22-13-3-1-2-4-14(13)24-16(19,20)21/h1-9H,(H,22,23)/b8-6+. The highest BCUT2D eigenvalue weighted by atomic mass is 35.5. The van der Waals surface area contributed by atoms with Gasteiger partial charge in [-0.15, -0.1) is 13.2 Å². The Morgan fingerprint density at radius 3 is 2.54 bits per heavy atom. The van der Waals surface area contributed by atoms with Gasteiger partial charge >= 0.3 is 6.36 Å². The Kier molecular flexibility index (Phi) is 5.46. The lowest BCUT2D eigenvalue weighted by Gasteiger charge is -2.13. The summed E-state index contributed by atoms with van der Waals surface area (Å²) in [6.45, 7) is 0. The molecule has 0 unspecified atom stereocenters. The summed E-state index contributed by atoms with van der Waals surface area (Å²) in [4.78, 5) is 11.8. The Balaban J connectivity index is 2.09. The number of ether oxygens (including phenoxy) is 1. The van der Waals surface area contributed by atoms with Gasteiger partial charge in [-0.05, 0) is 35.9 Å². The Morgan fingerprint density at radius 1 is 1.17 bits per heavy atom. The van der Waals surface area contributed by atoms with Gasteiger partial charge in [0.1, 0.15) is 5.82 Å². The molecule has 0 spiro atoms. The highest BCUT2D eigenvalue weighted by Crippen LogP contribution is 2.29. The van der Waals surface area contributed by atoms with E-state index in [1.165, 1.54) is 36.4 Å². The van der Waals surface area contributed by atoms with Crippen LogP contribution in [0.25, 0.3) is 6.08 Å². The van der Waals surface area contributed by atoms with Gasteiger partial charge in [0, 0.05) is 6.08 Å². The van der Waals surface area contributed by atoms with Crippen molar-refractivity contribution in [3.05, 3.63) is 64.9 Å². The molecule has 0 atom stereocenters. The SMILES string of the molecule is O=C(/C=C/c1ccc(F)c(Cl)c1)Nc1ccccc1OC(F)(F)F. The minimum Gasteiger partial charge on any atom is -0.404 e. The molecule has 2 aromatic carbocycles. The molecule has 0 saturated heterocycles. The Morgan fingerprint density at radius 2 is 1.88 bits per heavy atom. The quantitative estimate of drug-likeness (QED) is 0.614. The first-order valence-corrected chi connectivity index (χ1v) is 6.91. The summed E-state index contributed by atoms with van der Waals surface area (Å²) in [5.41, 5.74) is 0.318. The summed E-state index contributed by atoms with van der Waals surface area (Å²) in [5.74, 6) is -1.82. The Labute approximate surface area is 139 Å². The molecule has 0 saturated carbocycles. The molecule has 1 amide bonds. The van der Waals surface area contributed by atoms with Crippen LogP contribution in [0.2, 0.25) is 5.02 Å². The number of alkyl halides is 3. The number of carbonyl (C=O) groups is 1. The molecule has 0 bridgehead atoms. The fraction of sp³-hybridized carbons (Fsp3) is 0.0625. The zero-order valence-electron chi connectivity index (χ0n) is 11.9. The predicted molar refractivity (Wildman–Crippen MR) is 82.2 cm³/mol. The third-order valence-corrected chi connectivity index (χ3v) is 3.03. The number of hydrogen-bond donors (Lipinski definition) is 1. The van der Waals surface area contributed by atoms with Gasteiger partial charge in [0.15, 0.2) is 5.75 Å². The van der Waals surface area contributed by atoms with Crippen LogP contribution in [0, 0.1) is 5.82 Å². The number of amides is 1. The normalized spacial score (nSPS) is 11.5. The molecule has 0 aliphatic carbocycles. The smallest absolute Gasteiger partial charge is 0.404 e. The van der Waals surface area contributed by atoms with Gasteiger partial charge in [0.2, 0.25) is 5.91 Å². The summed E-state index contributed by atoms with van der Waals surface area (Å²) in [5, 5.41) is 2.16. The number of hydrogen-bond acceptors (Lipinski definition) is 2. The molecular formula is C16H10ClF4NO2. The van der Waals surface area contributed by atoms with E-state index >= 15 is 0 Å². The molecule has 8 heteroatoms. The lowest BCUT2D eigenvalue weighted by Crippen LogP contribution is -2.19. The van der Waals surface area contributed by atoms with E-state index < -0.39 is 23.8 Å². The third kappa shape index (κ3) is 5.27. The minimum atomic E-state index is -4.87. The molecule has 0 aliphatic heterocycles. The molecule has 0 heterocycles. The van der Waals surface area contributed by atoms with Crippen molar-refractivity contribution in [1.29, 1.82) is 0 Å². The van der Waals surface area contributed by atoms with Gasteiger partial charge in [-0.25, -0.2) is 4.39 Å². The van der Waals surface area contributed by atoms with E-state index in [2.05, 4.69) is 10.1 Å². The Hall–Kier alpha value is -2.54. The molecule has 0 fully saturated rings. The van der Waals surface area contributed by atoms with Crippen molar-refractivity contribution in [3.8, 4) is 5.75 Å². The zero-order chi connectivity index (χ0) is 17.7. The summed E-state index contributed by atoms with van der Waals surface area (Å²) >= 11 is 5.61. The fourth-order valence-electron chi connectivity index (χ4n) is 1.75. The third-order valence-electron chi connectivity index (χ3n) is 2.74. The molecule has 0 aliphatic rings. The highest BCUT2D eigenvalue weighted by molar-refractivity contribution is 6.30. The summed E-state index contributed by atoms with van der Waals surface area (Å²) < 4.78 is 53.8. The molecule has 24 heavy (non-hydrogen) atoms. The van der Waals surface area contributed by atoms with Crippen LogP contribution in [0.5, 0.6) is 5.75 Å². The summed E-state index contributed by atoms with van der Waals surface area (Å²) in [7, 11) is 0. The molecular weight excluding hydrogens is 350 g/mol. The lowest BCUT2D eigenvalue weighted by atomic mass is 10.2. The summed E-state index contributed by atoms with van der Waals surface area (Å²) in [6.07, 6.45) is -2.46. The average Bonchev–Trinajstić information content (AvgIpc) is 2.49. The lowest BCUT2D eigenvalue weighted by molar-refractivity contribution is -0.274. The maximum absolute atomic E-state index is 13.0. The predicted octanol–water partition coefficient (Wildman–Crippen LogP) is 5.03. The van der Waals surface area contributed by atoms with E-state index in [-0.39, 0.29) is 10.7 Å². The van der Waals surface area contributed by atoms with Crippen molar-refractivity contribution >= 4 is 29.3 Å². The van der Waals surface area contributed by atoms with E-state index in [9.17, 15) is 22.4 Å². The topological polar surface area (TPSA) is 38.3 Å². The van der Waals surface area contributed by atoms with Crippen LogP contribution in [-0.4, -0.2) is 12.3 Å². The second-order valence-corrected chi connectivity index (χ2v) is 4.95. The van der Waals surface area contributed by atoms with Gasteiger partial charge in [0.25, 0.3) is 0 Å². The maximum atomic E-state index is 13.0. The largest absolute Gasteiger partial charge is 0.573 e. The van der Waals surface area contributed by atoms with E-state index in [0.717, 1.165) is 18.2 Å². The summed E-state index contributed by atoms with van der Waals surface area (Å²) in [6, 6.07) is 8.96. The van der Waals surface area contributed by atoms with Crippen LogP contribution in [0.1, 0.15) is 5.56 Å². The van der Waals surface area contributed by atoms with Crippen LogP contribution in [0.4, 0.5) is 23.2 Å². The Bertz CT molecular complexity index is 775. The van der Waals surface area contributed by atoms with Gasteiger partial charge in [-0.2, -0.15) is 0 Å². The number of para-hydroxylation sites is 2. The molecule has 3 nitrogen and oxygen atoms in total. The van der Waals surface area contributed by atoms with E-state index in [1.54, 1.807) is 0 Å². The van der Waals surface area contributed by atoms with Crippen LogP contribution in [-0.2, 0) is 4.79 Å².